The monoisotopic (exact) mass is 595 g/mol. The van der Waals surface area contributed by atoms with Crippen LogP contribution in [-0.2, 0) is 4.74 Å². The fourth-order valence-corrected chi connectivity index (χ4v) is 5.18. The molecule has 5 heteroatoms. The average molecular weight is 596 g/mol. The van der Waals surface area contributed by atoms with Crippen molar-refractivity contribution < 1.29 is 9.53 Å². The fraction of sp³-hybridized carbons (Fsp3) is 0.487. The zero-order valence-electron chi connectivity index (χ0n) is 28.5. The van der Waals surface area contributed by atoms with Crippen molar-refractivity contribution in [3.8, 4) is 6.07 Å². The molecule has 0 heterocycles. The molecule has 44 heavy (non-hydrogen) atoms. The number of aliphatic imine (C=N–C) groups is 1. The van der Waals surface area contributed by atoms with Crippen LogP contribution in [-0.4, -0.2) is 42.4 Å². The molecule has 0 aliphatic heterocycles. The molecule has 0 atom stereocenters. The fourth-order valence-electron chi connectivity index (χ4n) is 5.18. The van der Waals surface area contributed by atoms with E-state index in [1.54, 1.807) is 12.2 Å². The predicted octanol–water partition coefficient (Wildman–Crippen LogP) is 10.1. The number of ether oxygens (including phenoxy) is 1. The van der Waals surface area contributed by atoms with Crippen LogP contribution in [0.25, 0.3) is 0 Å². The summed E-state index contributed by atoms with van der Waals surface area (Å²) in [6.45, 7) is 28.6. The maximum atomic E-state index is 12.8. The van der Waals surface area contributed by atoms with Crippen molar-refractivity contribution in [1.82, 2.24) is 4.90 Å². The van der Waals surface area contributed by atoms with Gasteiger partial charge in [-0.15, -0.1) is 5.73 Å². The molecule has 1 saturated carbocycles. The summed E-state index contributed by atoms with van der Waals surface area (Å²) in [5.74, 6) is 0.402. The molecular formula is C39H53N3O2. The molecule has 0 N–H and O–H groups in total. The zero-order chi connectivity index (χ0) is 33.0. The first kappa shape index (κ1) is 36.3. The van der Waals surface area contributed by atoms with Crippen molar-refractivity contribution in [2.24, 2.45) is 10.9 Å². The number of amides is 1. The van der Waals surface area contributed by atoms with Crippen molar-refractivity contribution in [1.29, 1.82) is 5.26 Å². The van der Waals surface area contributed by atoms with E-state index in [1.165, 1.54) is 5.57 Å². The quantitative estimate of drug-likeness (QED) is 0.0819. The minimum atomic E-state index is -0.517. The summed E-state index contributed by atoms with van der Waals surface area (Å²) in [6.07, 6.45) is 14.1. The Morgan fingerprint density at radius 1 is 1.16 bits per heavy atom. The van der Waals surface area contributed by atoms with Crippen LogP contribution in [0.15, 0.2) is 105 Å². The summed E-state index contributed by atoms with van der Waals surface area (Å²) in [4.78, 5) is 19.3. The van der Waals surface area contributed by atoms with Gasteiger partial charge in [0, 0.05) is 31.4 Å². The minimum Gasteiger partial charge on any atom is -0.444 e. The van der Waals surface area contributed by atoms with Crippen LogP contribution in [0.5, 0.6) is 0 Å². The van der Waals surface area contributed by atoms with E-state index in [9.17, 15) is 10.1 Å². The zero-order valence-corrected chi connectivity index (χ0v) is 28.5. The number of rotatable bonds is 15. The van der Waals surface area contributed by atoms with Crippen LogP contribution in [0, 0.1) is 17.2 Å². The standard InChI is InChI=1S/C39H53N3O2/c1-12-13-22-42(38(43)44-39(8,9)10)23-15-14-17-29(5)36(27(2)3)37(31(7)41-11)35(33-20-21-33)24-30(6)34-25-32(26-40)19-16-18-28(34)4/h16,19,24-25,33H,2,5-6,12-15,17,20-23H2,1,3-4,7-11H3/b35-24-,37-36-,41-31?. The van der Waals surface area contributed by atoms with E-state index in [4.69, 9.17) is 4.74 Å². The van der Waals surface area contributed by atoms with Gasteiger partial charge < -0.3 is 9.64 Å². The topological polar surface area (TPSA) is 65.7 Å². The van der Waals surface area contributed by atoms with Crippen LogP contribution < -0.4 is 0 Å². The Morgan fingerprint density at radius 2 is 1.82 bits per heavy atom. The maximum absolute atomic E-state index is 12.8. The molecular weight excluding hydrogens is 542 g/mol. The van der Waals surface area contributed by atoms with Gasteiger partial charge in [0.25, 0.3) is 0 Å². The van der Waals surface area contributed by atoms with Crippen LogP contribution in [0.4, 0.5) is 4.79 Å². The Hall–Kier alpha value is -3.87. The summed E-state index contributed by atoms with van der Waals surface area (Å²) < 4.78 is 5.66. The van der Waals surface area contributed by atoms with Gasteiger partial charge in [-0.25, -0.2) is 4.79 Å². The van der Waals surface area contributed by atoms with E-state index in [0.717, 1.165) is 89.7 Å². The SMILES string of the molecule is C=C(/C=C(\C(C(C)=NC)=C(\C(=C)C)C(=C)CCCCN(CCCC)C(=O)OC(C)(C)C)C1CC1)C1=CC(C#N)=CC=C=C1C. The maximum Gasteiger partial charge on any atom is 0.410 e. The Labute approximate surface area is 267 Å². The number of carbonyl (C=O) groups excluding carboxylic acids is 1. The van der Waals surface area contributed by atoms with Gasteiger partial charge >= 0.3 is 6.09 Å². The van der Waals surface area contributed by atoms with Gasteiger partial charge in [0.15, 0.2) is 0 Å². The molecule has 236 valence electrons. The van der Waals surface area contributed by atoms with E-state index < -0.39 is 5.60 Å². The van der Waals surface area contributed by atoms with Crippen molar-refractivity contribution in [3.63, 3.8) is 0 Å². The van der Waals surface area contributed by atoms with Gasteiger partial charge in [0.1, 0.15) is 5.60 Å². The molecule has 2 aliphatic rings. The highest BCUT2D eigenvalue weighted by Gasteiger charge is 2.31. The summed E-state index contributed by atoms with van der Waals surface area (Å²) >= 11 is 0. The van der Waals surface area contributed by atoms with Crippen LogP contribution >= 0.6 is 0 Å². The van der Waals surface area contributed by atoms with Gasteiger partial charge in [-0.3, -0.25) is 4.99 Å². The largest absolute Gasteiger partial charge is 0.444 e. The Morgan fingerprint density at radius 3 is 2.36 bits per heavy atom. The highest BCUT2D eigenvalue weighted by Crippen LogP contribution is 2.44. The van der Waals surface area contributed by atoms with Gasteiger partial charge in [-0.1, -0.05) is 44.7 Å². The molecule has 0 aromatic carbocycles. The molecule has 0 saturated heterocycles. The Balaban J connectivity index is 2.39. The van der Waals surface area contributed by atoms with Crippen molar-refractivity contribution in [2.45, 2.75) is 99.0 Å². The second kappa shape index (κ2) is 16.8. The van der Waals surface area contributed by atoms with Crippen molar-refractivity contribution in [3.05, 3.63) is 99.9 Å². The lowest BCUT2D eigenvalue weighted by Crippen LogP contribution is -2.38. The normalized spacial score (nSPS) is 16.1. The van der Waals surface area contributed by atoms with Crippen molar-refractivity contribution >= 4 is 11.8 Å². The summed E-state index contributed by atoms with van der Waals surface area (Å²) in [6, 6.07) is 2.25. The Bertz CT molecular complexity index is 1400. The minimum absolute atomic E-state index is 0.245. The lowest BCUT2D eigenvalue weighted by molar-refractivity contribution is 0.0244. The molecule has 1 amide bonds. The molecule has 0 aromatic heterocycles. The average Bonchev–Trinajstić information content (AvgIpc) is 3.80. The lowest BCUT2D eigenvalue weighted by atomic mass is 9.83. The molecule has 0 unspecified atom stereocenters. The second-order valence-electron chi connectivity index (χ2n) is 12.8. The molecule has 0 radical (unpaired) electrons. The van der Waals surface area contributed by atoms with Gasteiger partial charge in [0.05, 0.1) is 11.6 Å². The highest BCUT2D eigenvalue weighted by molar-refractivity contribution is 6.04. The number of unbranched alkanes of at least 4 members (excludes halogenated alkanes) is 2. The number of nitriles is 1. The smallest absolute Gasteiger partial charge is 0.410 e. The number of hydrogen-bond donors (Lipinski definition) is 0. The van der Waals surface area contributed by atoms with Crippen LogP contribution in [0.3, 0.4) is 0 Å². The van der Waals surface area contributed by atoms with Crippen LogP contribution in [0.1, 0.15) is 93.4 Å². The number of carbonyl (C=O) groups is 1. The molecule has 2 aliphatic carbocycles. The first-order valence-electron chi connectivity index (χ1n) is 15.9. The molecule has 0 spiro atoms. The third-order valence-corrected chi connectivity index (χ3v) is 7.69. The first-order valence-corrected chi connectivity index (χ1v) is 15.9. The van der Waals surface area contributed by atoms with Gasteiger partial charge in [0.2, 0.25) is 0 Å². The third kappa shape index (κ3) is 11.0. The van der Waals surface area contributed by atoms with E-state index in [1.807, 2.05) is 59.6 Å². The second-order valence-corrected chi connectivity index (χ2v) is 12.8. The van der Waals surface area contributed by atoms with Crippen molar-refractivity contribution in [2.75, 3.05) is 20.1 Å². The van der Waals surface area contributed by atoms with E-state index in [2.05, 4.69) is 49.5 Å². The summed E-state index contributed by atoms with van der Waals surface area (Å²) in [7, 11) is 1.82. The molecule has 0 aromatic rings. The molecule has 2 rings (SSSR count). The molecule has 0 bridgehead atoms. The van der Waals surface area contributed by atoms with Gasteiger partial charge in [-0.05, 0) is 138 Å². The van der Waals surface area contributed by atoms with Gasteiger partial charge in [-0.2, -0.15) is 5.26 Å². The van der Waals surface area contributed by atoms with E-state index in [0.29, 0.717) is 24.6 Å². The van der Waals surface area contributed by atoms with E-state index in [-0.39, 0.29) is 6.09 Å². The number of hydrogen-bond acceptors (Lipinski definition) is 4. The first-order chi connectivity index (χ1) is 20.7. The molecule has 1 fully saturated rings. The summed E-state index contributed by atoms with van der Waals surface area (Å²) in [5.41, 5.74) is 12.2. The highest BCUT2D eigenvalue weighted by atomic mass is 16.6. The lowest BCUT2D eigenvalue weighted by Gasteiger charge is -2.27. The van der Waals surface area contributed by atoms with Crippen LogP contribution in [0.2, 0.25) is 0 Å². The number of nitrogens with zero attached hydrogens (tertiary/aromatic N) is 3. The molecule has 5 nitrogen and oxygen atoms in total. The van der Waals surface area contributed by atoms with E-state index >= 15 is 0 Å². The number of allylic oxidation sites excluding steroid dienone is 12. The third-order valence-electron chi connectivity index (χ3n) is 7.69. The predicted molar refractivity (Wildman–Crippen MR) is 186 cm³/mol. The Kier molecular flexibility index (Phi) is 13.9. The summed E-state index contributed by atoms with van der Waals surface area (Å²) in [5, 5.41) is 9.57.